The first kappa shape index (κ1) is 74.9. The van der Waals surface area contributed by atoms with Crippen LogP contribution in [0.5, 0.6) is 0 Å². The number of aliphatic hydroxyl groups is 2. The van der Waals surface area contributed by atoms with E-state index in [1.165, 1.54) is 96.3 Å². The number of unbranched alkanes of at least 4 members (excludes halogenated alkanes) is 27. The van der Waals surface area contributed by atoms with Gasteiger partial charge in [0, 0.05) is 19.3 Å². The standard InChI is InChI=1S/C69H116O12/c1-4-7-10-13-16-19-22-25-27-29-31-33-35-38-40-43-46-49-52-55-61(70)77-58-60(79-62(71)56-53-50-47-44-42-39-36-34-32-30-28-26-23-20-17-14-11-8-5-2)59-78-69-67(65(74)64(73)66(81-69)68(75)76)80-63(72)57-54-51-48-45-41-37-24-21-18-15-12-9-6-3/h7,10,12,15-16,19,21,24-25,27,31,33,38,40,60,64-67,69,73-74H,4-6,8-9,11,13-14,17-18,20,22-23,26,28-30,32,34-37,39,41-59H2,1-3H3,(H,75,76)/b10-7-,15-12-,19-16-,24-21-,27-25-,33-31-,40-38-. The van der Waals surface area contributed by atoms with Crippen molar-refractivity contribution in [1.82, 2.24) is 0 Å². The number of ether oxygens (including phenoxy) is 5. The minimum atomic E-state index is -1.91. The lowest BCUT2D eigenvalue weighted by Crippen LogP contribution is -2.61. The number of esters is 3. The second-order valence-corrected chi connectivity index (χ2v) is 22.0. The summed E-state index contributed by atoms with van der Waals surface area (Å²) in [5.41, 5.74) is 0. The molecule has 0 aromatic carbocycles. The average molecular weight is 1140 g/mol. The van der Waals surface area contributed by atoms with E-state index in [1.807, 2.05) is 0 Å². The summed E-state index contributed by atoms with van der Waals surface area (Å²) in [6.07, 6.45) is 61.2. The number of rotatable bonds is 55. The SMILES string of the molecule is CC/C=C\C/C=C\C/C=C\C/C=C\C/C=C\CCCCCC(=O)OCC(COC1OC(C(=O)O)C(O)C(O)C1OC(=O)CCCCCCC/C=C\C/C=C\CCC)OC(=O)CCCCCCCCCCCCCCCCCCCCC. The first-order valence-corrected chi connectivity index (χ1v) is 32.6. The number of carboxylic acid groups (broad SMARTS) is 1. The molecule has 12 nitrogen and oxygen atoms in total. The normalized spacial score (nSPS) is 18.3. The van der Waals surface area contributed by atoms with Crippen molar-refractivity contribution in [2.45, 2.75) is 314 Å². The van der Waals surface area contributed by atoms with Crippen LogP contribution >= 0.6 is 0 Å². The minimum absolute atomic E-state index is 0.0391. The number of carbonyl (C=O) groups is 4. The van der Waals surface area contributed by atoms with E-state index < -0.39 is 67.3 Å². The highest BCUT2D eigenvalue weighted by Gasteiger charge is 2.50. The summed E-state index contributed by atoms with van der Waals surface area (Å²) in [4.78, 5) is 51.3. The van der Waals surface area contributed by atoms with Crippen LogP contribution in [0.4, 0.5) is 0 Å². The van der Waals surface area contributed by atoms with E-state index in [0.717, 1.165) is 122 Å². The monoisotopic (exact) mass is 1140 g/mol. The summed E-state index contributed by atoms with van der Waals surface area (Å²) in [5, 5.41) is 31.6. The predicted molar refractivity (Wildman–Crippen MR) is 331 cm³/mol. The van der Waals surface area contributed by atoms with Gasteiger partial charge in [-0.1, -0.05) is 254 Å². The molecule has 81 heavy (non-hydrogen) atoms. The van der Waals surface area contributed by atoms with E-state index in [0.29, 0.717) is 19.3 Å². The molecule has 0 aromatic heterocycles. The molecule has 0 spiro atoms. The van der Waals surface area contributed by atoms with Crippen LogP contribution in [-0.2, 0) is 42.9 Å². The summed E-state index contributed by atoms with van der Waals surface area (Å²) >= 11 is 0. The Morgan fingerprint density at radius 3 is 1.25 bits per heavy atom. The summed E-state index contributed by atoms with van der Waals surface area (Å²) in [5.74, 6) is -3.17. The second kappa shape index (κ2) is 56.4. The lowest BCUT2D eigenvalue weighted by molar-refractivity contribution is -0.301. The first-order valence-electron chi connectivity index (χ1n) is 32.6. The van der Waals surface area contributed by atoms with E-state index in [9.17, 15) is 34.5 Å². The first-order chi connectivity index (χ1) is 39.6. The molecular formula is C69H116O12. The molecule has 1 heterocycles. The van der Waals surface area contributed by atoms with Crippen molar-refractivity contribution in [1.29, 1.82) is 0 Å². The zero-order chi connectivity index (χ0) is 58.9. The van der Waals surface area contributed by atoms with Crippen LogP contribution in [0, 0.1) is 0 Å². The molecule has 0 aliphatic carbocycles. The van der Waals surface area contributed by atoms with E-state index >= 15 is 0 Å². The Morgan fingerprint density at radius 1 is 0.420 bits per heavy atom. The van der Waals surface area contributed by atoms with Crippen molar-refractivity contribution in [3.05, 3.63) is 85.1 Å². The average Bonchev–Trinajstić information content (AvgIpc) is 3.46. The van der Waals surface area contributed by atoms with E-state index in [2.05, 4.69) is 106 Å². The number of allylic oxidation sites excluding steroid dienone is 14. The fraction of sp³-hybridized carbons (Fsp3) is 0.739. The Bertz CT molecular complexity index is 1730. The third-order valence-corrected chi connectivity index (χ3v) is 14.4. The maximum Gasteiger partial charge on any atom is 0.335 e. The lowest BCUT2D eigenvalue weighted by atomic mass is 9.98. The molecule has 1 aliphatic rings. The Kier molecular flexibility index (Phi) is 52.1. The van der Waals surface area contributed by atoms with Crippen LogP contribution in [-0.4, -0.2) is 89.2 Å². The predicted octanol–water partition coefficient (Wildman–Crippen LogP) is 17.5. The van der Waals surface area contributed by atoms with E-state index in [4.69, 9.17) is 23.7 Å². The molecule has 0 radical (unpaired) electrons. The van der Waals surface area contributed by atoms with Gasteiger partial charge in [-0.3, -0.25) is 14.4 Å². The fourth-order valence-corrected chi connectivity index (χ4v) is 9.49. The van der Waals surface area contributed by atoms with Crippen LogP contribution < -0.4 is 0 Å². The number of carboxylic acids is 1. The van der Waals surface area contributed by atoms with Gasteiger partial charge in [-0.25, -0.2) is 4.79 Å². The van der Waals surface area contributed by atoms with Crippen LogP contribution in [0.3, 0.4) is 0 Å². The second-order valence-electron chi connectivity index (χ2n) is 22.0. The molecule has 6 unspecified atom stereocenters. The molecular weight excluding hydrogens is 1020 g/mol. The summed E-state index contributed by atoms with van der Waals surface area (Å²) in [6, 6.07) is 0. The van der Waals surface area contributed by atoms with Crippen molar-refractivity contribution in [3.63, 3.8) is 0 Å². The Morgan fingerprint density at radius 2 is 0.802 bits per heavy atom. The minimum Gasteiger partial charge on any atom is -0.479 e. The molecule has 464 valence electrons. The molecule has 0 bridgehead atoms. The highest BCUT2D eigenvalue weighted by molar-refractivity contribution is 5.74. The number of hydrogen-bond acceptors (Lipinski definition) is 11. The number of aliphatic hydroxyl groups excluding tert-OH is 2. The quantitative estimate of drug-likeness (QED) is 0.0228. The summed E-state index contributed by atoms with van der Waals surface area (Å²) in [6.45, 7) is 5.81. The van der Waals surface area contributed by atoms with Gasteiger partial charge in [0.15, 0.2) is 24.6 Å². The molecule has 3 N–H and O–H groups in total. The molecule has 6 atom stereocenters. The zero-order valence-electron chi connectivity index (χ0n) is 51.3. The maximum atomic E-state index is 13.2. The largest absolute Gasteiger partial charge is 0.479 e. The fourth-order valence-electron chi connectivity index (χ4n) is 9.49. The van der Waals surface area contributed by atoms with Crippen molar-refractivity contribution in [3.8, 4) is 0 Å². The Hall–Kier alpha value is -4.10. The van der Waals surface area contributed by atoms with Gasteiger partial charge >= 0.3 is 23.9 Å². The molecule has 0 amide bonds. The van der Waals surface area contributed by atoms with Crippen LogP contribution in [0.1, 0.15) is 278 Å². The summed E-state index contributed by atoms with van der Waals surface area (Å²) in [7, 11) is 0. The molecule has 1 rings (SSSR count). The van der Waals surface area contributed by atoms with Crippen molar-refractivity contribution < 1.29 is 58.2 Å². The highest BCUT2D eigenvalue weighted by atomic mass is 16.7. The van der Waals surface area contributed by atoms with Gasteiger partial charge in [0.2, 0.25) is 0 Å². The molecule has 12 heteroatoms. The van der Waals surface area contributed by atoms with Gasteiger partial charge in [-0.2, -0.15) is 0 Å². The van der Waals surface area contributed by atoms with Gasteiger partial charge < -0.3 is 39.0 Å². The van der Waals surface area contributed by atoms with Crippen LogP contribution in [0.2, 0.25) is 0 Å². The van der Waals surface area contributed by atoms with E-state index in [1.54, 1.807) is 0 Å². The molecule has 0 aromatic rings. The third kappa shape index (κ3) is 46.0. The number of aliphatic carboxylic acids is 1. The van der Waals surface area contributed by atoms with Crippen molar-refractivity contribution in [2.24, 2.45) is 0 Å². The lowest BCUT2D eigenvalue weighted by Gasteiger charge is -2.40. The molecule has 0 saturated carbocycles. The maximum absolute atomic E-state index is 13.2. The Balaban J connectivity index is 2.68. The van der Waals surface area contributed by atoms with Crippen LogP contribution in [0.15, 0.2) is 85.1 Å². The van der Waals surface area contributed by atoms with E-state index in [-0.39, 0.29) is 25.9 Å². The smallest absolute Gasteiger partial charge is 0.335 e. The summed E-state index contributed by atoms with van der Waals surface area (Å²) < 4.78 is 28.5. The van der Waals surface area contributed by atoms with Gasteiger partial charge in [0.1, 0.15) is 18.8 Å². The molecule has 1 saturated heterocycles. The Labute approximate surface area is 492 Å². The number of hydrogen-bond donors (Lipinski definition) is 3. The molecule has 1 fully saturated rings. The third-order valence-electron chi connectivity index (χ3n) is 14.4. The van der Waals surface area contributed by atoms with Crippen molar-refractivity contribution >= 4 is 23.9 Å². The highest BCUT2D eigenvalue weighted by Crippen LogP contribution is 2.27. The zero-order valence-corrected chi connectivity index (χ0v) is 51.3. The topological polar surface area (TPSA) is 175 Å². The number of carbonyl (C=O) groups excluding carboxylic acids is 3. The van der Waals surface area contributed by atoms with Gasteiger partial charge in [-0.15, -0.1) is 0 Å². The molecule has 1 aliphatic heterocycles. The van der Waals surface area contributed by atoms with Crippen LogP contribution in [0.25, 0.3) is 0 Å². The van der Waals surface area contributed by atoms with Gasteiger partial charge in [-0.05, 0) is 89.9 Å². The van der Waals surface area contributed by atoms with Crippen molar-refractivity contribution in [2.75, 3.05) is 13.2 Å². The van der Waals surface area contributed by atoms with Gasteiger partial charge in [0.05, 0.1) is 6.61 Å². The van der Waals surface area contributed by atoms with Gasteiger partial charge in [0.25, 0.3) is 0 Å².